The van der Waals surface area contributed by atoms with Crippen LogP contribution in [0.1, 0.15) is 24.0 Å². The molecule has 25 heavy (non-hydrogen) atoms. The van der Waals surface area contributed by atoms with Crippen LogP contribution in [0.3, 0.4) is 0 Å². The molecule has 1 aliphatic carbocycles. The van der Waals surface area contributed by atoms with Gasteiger partial charge in [0.2, 0.25) is 0 Å². The number of hydrogen-bond acceptors (Lipinski definition) is 5. The Morgan fingerprint density at radius 2 is 1.84 bits per heavy atom. The van der Waals surface area contributed by atoms with Gasteiger partial charge >= 0.3 is 6.09 Å². The molecule has 1 saturated heterocycles. The average Bonchev–Trinajstić information content (AvgIpc) is 2.91. The predicted molar refractivity (Wildman–Crippen MR) is 96.8 cm³/mol. The molecule has 1 amide bonds. The van der Waals surface area contributed by atoms with Crippen molar-refractivity contribution in [2.24, 2.45) is 5.92 Å². The highest BCUT2D eigenvalue weighted by Gasteiger charge is 2.60. The first-order valence-corrected chi connectivity index (χ1v) is 8.81. The van der Waals surface area contributed by atoms with E-state index in [1.165, 1.54) is 4.90 Å². The van der Waals surface area contributed by atoms with Gasteiger partial charge in [-0.3, -0.25) is 10.6 Å². The third kappa shape index (κ3) is 2.58. The lowest BCUT2D eigenvalue weighted by atomic mass is 9.71. The Hall–Kier alpha value is -1.83. The van der Waals surface area contributed by atoms with E-state index in [1.54, 1.807) is 0 Å². The third-order valence-electron chi connectivity index (χ3n) is 6.13. The molecule has 1 fully saturated rings. The van der Waals surface area contributed by atoms with E-state index in [4.69, 9.17) is 0 Å². The van der Waals surface area contributed by atoms with Crippen molar-refractivity contribution in [1.82, 2.24) is 15.5 Å². The zero-order valence-electron chi connectivity index (χ0n) is 15.1. The minimum atomic E-state index is -1.11. The molecular weight excluding hydrogens is 320 g/mol. The number of amides is 1. The Bertz CT molecular complexity index is 654. The largest absolute Gasteiger partial charge is 0.465 e. The lowest BCUT2D eigenvalue weighted by Crippen LogP contribution is -2.69. The quantitative estimate of drug-likeness (QED) is 0.521. The van der Waals surface area contributed by atoms with Crippen LogP contribution in [0.15, 0.2) is 18.2 Å². The summed E-state index contributed by atoms with van der Waals surface area (Å²) in [6, 6.07) is 6.11. The Kier molecular flexibility index (Phi) is 4.66. The fraction of sp³-hybridized carbons (Fsp3) is 0.611. The number of benzene rings is 1. The molecule has 1 aliphatic heterocycles. The first-order chi connectivity index (χ1) is 11.9. The minimum absolute atomic E-state index is 0.0312. The summed E-state index contributed by atoms with van der Waals surface area (Å²) in [5.41, 5.74) is 1.23. The van der Waals surface area contributed by atoms with Crippen LogP contribution >= 0.6 is 0 Å². The number of nitrogens with zero attached hydrogens (tertiary/aromatic N) is 1. The van der Waals surface area contributed by atoms with Crippen molar-refractivity contribution in [3.05, 3.63) is 29.3 Å². The number of nitrogens with one attached hydrogen (secondary N) is 3. The topological polar surface area (TPSA) is 96.9 Å². The summed E-state index contributed by atoms with van der Waals surface area (Å²) in [6.45, 7) is 0.903. The number of likely N-dealkylation sites (tertiary alicyclic amines) is 1. The van der Waals surface area contributed by atoms with Crippen LogP contribution in [-0.4, -0.2) is 61.1 Å². The zero-order chi connectivity index (χ0) is 18.2. The van der Waals surface area contributed by atoms with Gasteiger partial charge in [0.15, 0.2) is 0 Å². The predicted octanol–water partition coefficient (Wildman–Crippen LogP) is 0.997. The van der Waals surface area contributed by atoms with Gasteiger partial charge in [0.25, 0.3) is 0 Å². The summed E-state index contributed by atoms with van der Waals surface area (Å²) < 4.78 is 0. The highest BCUT2D eigenvalue weighted by Crippen LogP contribution is 2.51. The van der Waals surface area contributed by atoms with Crippen LogP contribution in [0.2, 0.25) is 0 Å². The molecule has 2 aliphatic rings. The molecule has 1 aromatic rings. The summed E-state index contributed by atoms with van der Waals surface area (Å²) in [5.74, 6) is -0.0312. The van der Waals surface area contributed by atoms with Gasteiger partial charge in [-0.1, -0.05) is 6.07 Å². The fourth-order valence-corrected chi connectivity index (χ4v) is 4.63. The lowest BCUT2D eigenvalue weighted by Gasteiger charge is -2.49. The molecule has 1 atom stereocenters. The maximum atomic E-state index is 12.0. The van der Waals surface area contributed by atoms with Gasteiger partial charge in [0, 0.05) is 32.2 Å². The first-order valence-electron chi connectivity index (χ1n) is 8.81. The molecule has 7 heteroatoms. The molecule has 1 aromatic carbocycles. The molecule has 0 aromatic heterocycles. The van der Waals surface area contributed by atoms with Crippen molar-refractivity contribution in [3.8, 4) is 0 Å². The number of rotatable bonds is 4. The van der Waals surface area contributed by atoms with Gasteiger partial charge in [-0.05, 0) is 56.1 Å². The third-order valence-corrected chi connectivity index (χ3v) is 6.13. The minimum Gasteiger partial charge on any atom is -0.465 e. The van der Waals surface area contributed by atoms with Gasteiger partial charge in [-0.2, -0.15) is 0 Å². The van der Waals surface area contributed by atoms with E-state index >= 15 is 0 Å². The Balaban J connectivity index is 2.02. The van der Waals surface area contributed by atoms with E-state index in [0.29, 0.717) is 32.4 Å². The van der Waals surface area contributed by atoms with Gasteiger partial charge in [0.05, 0.1) is 0 Å². The summed E-state index contributed by atoms with van der Waals surface area (Å²) >= 11 is 0. The number of aliphatic hydroxyl groups is 1. The number of fused-ring (bicyclic) bond motifs is 1. The van der Waals surface area contributed by atoms with E-state index in [2.05, 4.69) is 22.0 Å². The van der Waals surface area contributed by atoms with Crippen molar-refractivity contribution in [3.63, 3.8) is 0 Å². The smallest absolute Gasteiger partial charge is 0.407 e. The van der Waals surface area contributed by atoms with E-state index in [9.17, 15) is 15.0 Å². The molecule has 0 radical (unpaired) electrons. The molecule has 5 N–H and O–H groups in total. The number of likely N-dealkylation sites (N-methyl/N-ethyl adjacent to an activating group) is 2. The Morgan fingerprint density at radius 3 is 2.36 bits per heavy atom. The van der Waals surface area contributed by atoms with Crippen LogP contribution in [0.4, 0.5) is 10.5 Å². The van der Waals surface area contributed by atoms with Crippen molar-refractivity contribution < 1.29 is 15.0 Å². The van der Waals surface area contributed by atoms with Gasteiger partial charge in [-0.15, -0.1) is 0 Å². The number of anilines is 1. The van der Waals surface area contributed by atoms with Crippen molar-refractivity contribution in [2.45, 2.75) is 30.5 Å². The average molecular weight is 348 g/mol. The number of piperidine rings is 1. The fourth-order valence-electron chi connectivity index (χ4n) is 4.63. The van der Waals surface area contributed by atoms with Crippen molar-refractivity contribution >= 4 is 11.8 Å². The van der Waals surface area contributed by atoms with Crippen LogP contribution < -0.4 is 16.0 Å². The summed E-state index contributed by atoms with van der Waals surface area (Å²) in [6.07, 6.45) is 1.06. The maximum Gasteiger partial charge on any atom is 0.407 e. The number of carboxylic acid groups (broad SMARTS) is 1. The van der Waals surface area contributed by atoms with E-state index in [0.717, 1.165) is 16.8 Å². The maximum absolute atomic E-state index is 12.0. The zero-order valence-corrected chi connectivity index (χ0v) is 15.1. The SMILES string of the molecule is CNc1ccc2c(c1)C(O)(C1CCN(C(=O)O)CC1)C(NC)(NC)C2. The second-order valence-corrected chi connectivity index (χ2v) is 7.01. The van der Waals surface area contributed by atoms with Crippen LogP contribution in [-0.2, 0) is 12.0 Å². The molecule has 0 bridgehead atoms. The Labute approximate surface area is 148 Å². The number of hydrogen-bond donors (Lipinski definition) is 5. The van der Waals surface area contributed by atoms with E-state index in [-0.39, 0.29) is 5.92 Å². The highest BCUT2D eigenvalue weighted by molar-refractivity contribution is 5.65. The normalized spacial score (nSPS) is 25.7. The molecule has 0 spiro atoms. The Morgan fingerprint density at radius 1 is 1.20 bits per heavy atom. The second kappa shape index (κ2) is 6.48. The number of carbonyl (C=O) groups is 1. The summed E-state index contributed by atoms with van der Waals surface area (Å²) in [4.78, 5) is 12.6. The molecule has 7 nitrogen and oxygen atoms in total. The first kappa shape index (κ1) is 18.0. The molecule has 3 rings (SSSR count). The van der Waals surface area contributed by atoms with Crippen LogP contribution in [0.25, 0.3) is 0 Å². The van der Waals surface area contributed by atoms with Crippen molar-refractivity contribution in [1.29, 1.82) is 0 Å². The second-order valence-electron chi connectivity index (χ2n) is 7.01. The molecule has 1 unspecified atom stereocenters. The monoisotopic (exact) mass is 348 g/mol. The molecule has 1 heterocycles. The van der Waals surface area contributed by atoms with Crippen molar-refractivity contribution in [2.75, 3.05) is 39.5 Å². The van der Waals surface area contributed by atoms with Gasteiger partial charge in [-0.25, -0.2) is 4.79 Å². The molecular formula is C18H28N4O3. The lowest BCUT2D eigenvalue weighted by molar-refractivity contribution is -0.116. The van der Waals surface area contributed by atoms with Gasteiger partial charge in [0.1, 0.15) is 11.3 Å². The van der Waals surface area contributed by atoms with Gasteiger partial charge < -0.3 is 20.4 Å². The molecule has 0 saturated carbocycles. The van der Waals surface area contributed by atoms with Crippen LogP contribution in [0, 0.1) is 5.92 Å². The standard InChI is InChI=1S/C18H28N4O3/c1-19-14-5-4-12-11-17(20-2,21-3)18(25,15(12)10-14)13-6-8-22(9-7-13)16(23)24/h4-5,10,13,19-21,25H,6-9,11H2,1-3H3,(H,23,24). The van der Waals surface area contributed by atoms with E-state index < -0.39 is 17.4 Å². The van der Waals surface area contributed by atoms with Crippen LogP contribution in [0.5, 0.6) is 0 Å². The summed E-state index contributed by atoms with van der Waals surface area (Å²) in [7, 11) is 5.59. The molecule has 138 valence electrons. The highest BCUT2D eigenvalue weighted by atomic mass is 16.4. The van der Waals surface area contributed by atoms with E-state index in [1.807, 2.05) is 33.3 Å². The summed E-state index contributed by atoms with van der Waals surface area (Å²) in [5, 5.41) is 31.0.